The molecule has 0 saturated carbocycles. The number of hydrogen-bond donors (Lipinski definition) is 0. The van der Waals surface area contributed by atoms with Crippen LogP contribution in [0, 0.1) is 0 Å². The third-order valence-corrected chi connectivity index (χ3v) is 8.95. The molecule has 6 nitrogen and oxygen atoms in total. The van der Waals surface area contributed by atoms with Gasteiger partial charge in [0.15, 0.2) is 0 Å². The molecular formula is C31H34N2O4. The maximum Gasteiger partial charge on any atom is 0.261 e. The number of rotatable bonds is 4. The van der Waals surface area contributed by atoms with Gasteiger partial charge in [0.25, 0.3) is 11.8 Å². The van der Waals surface area contributed by atoms with Crippen molar-refractivity contribution in [3.05, 3.63) is 69.8 Å². The van der Waals surface area contributed by atoms with Crippen LogP contribution in [0.5, 0.6) is 0 Å². The van der Waals surface area contributed by atoms with Crippen molar-refractivity contribution in [3.8, 4) is 0 Å². The van der Waals surface area contributed by atoms with Crippen molar-refractivity contribution in [1.82, 2.24) is 9.80 Å². The molecule has 6 heteroatoms. The Bertz CT molecular complexity index is 1270. The van der Waals surface area contributed by atoms with E-state index in [1.54, 1.807) is 0 Å². The van der Waals surface area contributed by atoms with Crippen LogP contribution in [0.2, 0.25) is 0 Å². The van der Waals surface area contributed by atoms with Gasteiger partial charge in [0.1, 0.15) is 0 Å². The maximum absolute atomic E-state index is 13.8. The summed E-state index contributed by atoms with van der Waals surface area (Å²) in [6.07, 6.45) is 5.37. The molecule has 2 aromatic rings. The minimum Gasteiger partial charge on any atom is -0.274 e. The SMILES string of the molecule is CC(C)(CC(C)(C)N1C(=O)c2cccc3c2C(CCC3)C1=O)N1C(=O)c2cccc3c2C(CCC3)C1=O. The van der Waals surface area contributed by atoms with Gasteiger partial charge in [-0.05, 0) is 107 Å². The van der Waals surface area contributed by atoms with E-state index in [0.29, 0.717) is 17.5 Å². The summed E-state index contributed by atoms with van der Waals surface area (Å²) in [5.74, 6) is -1.51. The molecule has 37 heavy (non-hydrogen) atoms. The van der Waals surface area contributed by atoms with E-state index in [1.165, 1.54) is 9.80 Å². The predicted molar refractivity (Wildman–Crippen MR) is 139 cm³/mol. The second-order valence-electron chi connectivity index (χ2n) is 12.4. The largest absolute Gasteiger partial charge is 0.274 e. The van der Waals surface area contributed by atoms with Crippen LogP contribution in [0.1, 0.15) is 115 Å². The number of hydrogen-bond acceptors (Lipinski definition) is 4. The highest BCUT2D eigenvalue weighted by Gasteiger charge is 2.52. The van der Waals surface area contributed by atoms with Gasteiger partial charge >= 0.3 is 0 Å². The van der Waals surface area contributed by atoms with E-state index in [0.717, 1.165) is 60.8 Å². The van der Waals surface area contributed by atoms with E-state index in [9.17, 15) is 19.2 Å². The molecule has 4 aliphatic rings. The van der Waals surface area contributed by atoms with Gasteiger partial charge in [-0.3, -0.25) is 29.0 Å². The molecule has 0 N–H and O–H groups in total. The predicted octanol–water partition coefficient (Wildman–Crippen LogP) is 5.14. The zero-order valence-corrected chi connectivity index (χ0v) is 22.1. The number of aryl methyl sites for hydroxylation is 2. The Balaban J connectivity index is 1.36. The molecular weight excluding hydrogens is 464 g/mol. The first-order valence-electron chi connectivity index (χ1n) is 13.5. The molecule has 2 aliphatic carbocycles. The van der Waals surface area contributed by atoms with Crippen LogP contribution in [-0.2, 0) is 22.4 Å². The third kappa shape index (κ3) is 3.44. The fourth-order valence-electron chi connectivity index (χ4n) is 7.75. The number of amides is 4. The zero-order valence-electron chi connectivity index (χ0n) is 22.1. The number of benzene rings is 2. The van der Waals surface area contributed by atoms with Crippen molar-refractivity contribution in [3.63, 3.8) is 0 Å². The fourth-order valence-corrected chi connectivity index (χ4v) is 7.75. The van der Waals surface area contributed by atoms with Gasteiger partial charge in [-0.2, -0.15) is 0 Å². The third-order valence-electron chi connectivity index (χ3n) is 8.95. The lowest BCUT2D eigenvalue weighted by Gasteiger charge is -2.50. The lowest BCUT2D eigenvalue weighted by Crippen LogP contribution is -2.62. The standard InChI is InChI=1S/C31H34N2O4/c1-30(2,32-26(34)20-13-5-9-18-10-6-14-21(24(18)20)27(32)35)17-31(3,4)33-28(36)22-15-7-11-19-12-8-16-23(25(19)22)29(33)37/h5,7,9,11,13,15,21,23H,6,8,10,12,14,16-17H2,1-4H3. The topological polar surface area (TPSA) is 74.8 Å². The summed E-state index contributed by atoms with van der Waals surface area (Å²) in [4.78, 5) is 58.0. The van der Waals surface area contributed by atoms with Crippen LogP contribution >= 0.6 is 0 Å². The Kier molecular flexibility index (Phi) is 5.28. The summed E-state index contributed by atoms with van der Waals surface area (Å²) in [5, 5.41) is 0. The smallest absolute Gasteiger partial charge is 0.261 e. The lowest BCUT2D eigenvalue weighted by molar-refractivity contribution is -0.139. The average molecular weight is 499 g/mol. The van der Waals surface area contributed by atoms with Crippen molar-refractivity contribution < 1.29 is 19.2 Å². The van der Waals surface area contributed by atoms with E-state index >= 15 is 0 Å². The van der Waals surface area contributed by atoms with E-state index in [-0.39, 0.29) is 35.5 Å². The van der Waals surface area contributed by atoms with E-state index in [4.69, 9.17) is 0 Å². The van der Waals surface area contributed by atoms with Crippen molar-refractivity contribution in [2.45, 2.75) is 95.6 Å². The highest BCUT2D eigenvalue weighted by Crippen LogP contribution is 2.46. The van der Waals surface area contributed by atoms with Crippen molar-refractivity contribution in [1.29, 1.82) is 0 Å². The van der Waals surface area contributed by atoms with Crippen molar-refractivity contribution >= 4 is 23.6 Å². The Morgan fingerprint density at radius 3 is 1.49 bits per heavy atom. The van der Waals surface area contributed by atoms with Gasteiger partial charge < -0.3 is 0 Å². The molecule has 2 atom stereocenters. The van der Waals surface area contributed by atoms with Crippen LogP contribution in [0.4, 0.5) is 0 Å². The minimum absolute atomic E-state index is 0.163. The van der Waals surface area contributed by atoms with Gasteiger partial charge in [0.2, 0.25) is 11.8 Å². The first-order chi connectivity index (χ1) is 17.5. The van der Waals surface area contributed by atoms with Gasteiger partial charge in [-0.25, -0.2) is 0 Å². The first kappa shape index (κ1) is 24.1. The molecule has 2 unspecified atom stereocenters. The molecule has 0 radical (unpaired) electrons. The molecule has 2 aliphatic heterocycles. The number of carbonyl (C=O) groups is 4. The second-order valence-corrected chi connectivity index (χ2v) is 12.4. The highest BCUT2D eigenvalue weighted by atomic mass is 16.2. The molecule has 0 bridgehead atoms. The molecule has 6 rings (SSSR count). The number of carbonyl (C=O) groups excluding carboxylic acids is 4. The van der Waals surface area contributed by atoms with E-state index in [2.05, 4.69) is 0 Å². The Morgan fingerprint density at radius 2 is 1.08 bits per heavy atom. The lowest BCUT2D eigenvalue weighted by atomic mass is 9.73. The Labute approximate surface area is 218 Å². The molecule has 2 heterocycles. The summed E-state index contributed by atoms with van der Waals surface area (Å²) in [6.45, 7) is 7.53. The van der Waals surface area contributed by atoms with Gasteiger partial charge in [-0.1, -0.05) is 24.3 Å². The minimum atomic E-state index is -0.905. The van der Waals surface area contributed by atoms with Gasteiger partial charge in [0, 0.05) is 22.2 Å². The Morgan fingerprint density at radius 1 is 0.676 bits per heavy atom. The second kappa shape index (κ2) is 8.11. The Hall–Kier alpha value is -3.28. The van der Waals surface area contributed by atoms with Gasteiger partial charge in [0.05, 0.1) is 11.8 Å². The molecule has 192 valence electrons. The molecule has 0 saturated heterocycles. The number of nitrogens with zero attached hydrogens (tertiary/aromatic N) is 2. The van der Waals surface area contributed by atoms with Gasteiger partial charge in [-0.15, -0.1) is 0 Å². The molecule has 2 aromatic carbocycles. The summed E-state index contributed by atoms with van der Waals surface area (Å²) < 4.78 is 0. The zero-order chi connectivity index (χ0) is 26.3. The quantitative estimate of drug-likeness (QED) is 0.547. The molecule has 0 fully saturated rings. The van der Waals surface area contributed by atoms with Crippen LogP contribution < -0.4 is 0 Å². The molecule has 4 amide bonds. The number of imide groups is 2. The van der Waals surface area contributed by atoms with E-state index in [1.807, 2.05) is 64.1 Å². The summed E-state index contributed by atoms with van der Waals surface area (Å²) in [6, 6.07) is 11.5. The average Bonchev–Trinajstić information content (AvgIpc) is 2.84. The van der Waals surface area contributed by atoms with Crippen LogP contribution in [0.25, 0.3) is 0 Å². The summed E-state index contributed by atoms with van der Waals surface area (Å²) in [7, 11) is 0. The fraction of sp³-hybridized carbons (Fsp3) is 0.484. The van der Waals surface area contributed by atoms with Crippen LogP contribution in [0.15, 0.2) is 36.4 Å². The highest BCUT2D eigenvalue weighted by molar-refractivity contribution is 6.13. The van der Waals surface area contributed by atoms with Crippen LogP contribution in [-0.4, -0.2) is 44.5 Å². The molecule has 0 spiro atoms. The van der Waals surface area contributed by atoms with Crippen LogP contribution in [0.3, 0.4) is 0 Å². The summed E-state index contributed by atoms with van der Waals surface area (Å²) >= 11 is 0. The van der Waals surface area contributed by atoms with E-state index < -0.39 is 11.1 Å². The monoisotopic (exact) mass is 498 g/mol. The summed E-state index contributed by atoms with van der Waals surface area (Å²) in [5.41, 5.74) is 3.42. The molecule has 0 aromatic heterocycles. The maximum atomic E-state index is 13.8. The first-order valence-corrected chi connectivity index (χ1v) is 13.5. The van der Waals surface area contributed by atoms with Crippen molar-refractivity contribution in [2.24, 2.45) is 0 Å². The van der Waals surface area contributed by atoms with Crippen molar-refractivity contribution in [2.75, 3.05) is 0 Å². The normalized spacial score (nSPS) is 23.2.